The summed E-state index contributed by atoms with van der Waals surface area (Å²) in [5.74, 6) is 2.53. The SMILES string of the molecule is Cn1nc(-c2coc(CC3CCNCC3)n2)c2ccc(N3CCCCCC3)nc21. The quantitative estimate of drug-likeness (QED) is 0.730. The second-order valence-corrected chi connectivity index (χ2v) is 8.44. The number of pyridine rings is 1. The minimum atomic E-state index is 0.654. The molecule has 2 fully saturated rings. The topological polar surface area (TPSA) is 72.0 Å². The summed E-state index contributed by atoms with van der Waals surface area (Å²) >= 11 is 0. The largest absolute Gasteiger partial charge is 0.448 e. The van der Waals surface area contributed by atoms with E-state index < -0.39 is 0 Å². The van der Waals surface area contributed by atoms with E-state index in [9.17, 15) is 0 Å². The van der Waals surface area contributed by atoms with Crippen molar-refractivity contribution in [1.82, 2.24) is 25.1 Å². The first-order valence-electron chi connectivity index (χ1n) is 11.0. The van der Waals surface area contributed by atoms with E-state index in [0.29, 0.717) is 5.92 Å². The first-order valence-corrected chi connectivity index (χ1v) is 11.0. The molecule has 0 spiro atoms. The van der Waals surface area contributed by atoms with E-state index in [-0.39, 0.29) is 0 Å². The maximum absolute atomic E-state index is 5.80. The van der Waals surface area contributed by atoms with Gasteiger partial charge >= 0.3 is 0 Å². The monoisotopic (exact) mass is 394 g/mol. The van der Waals surface area contributed by atoms with Crippen LogP contribution in [-0.2, 0) is 13.5 Å². The van der Waals surface area contributed by atoms with Gasteiger partial charge in [-0.25, -0.2) is 14.6 Å². The average molecular weight is 395 g/mol. The molecule has 0 amide bonds. The number of piperidine rings is 1. The summed E-state index contributed by atoms with van der Waals surface area (Å²) in [6.07, 6.45) is 10.2. The Hall–Kier alpha value is -2.41. The second-order valence-electron chi connectivity index (χ2n) is 8.44. The van der Waals surface area contributed by atoms with Crippen molar-refractivity contribution in [3.63, 3.8) is 0 Å². The Morgan fingerprint density at radius 1 is 1.07 bits per heavy atom. The predicted octanol–water partition coefficient (Wildman–Crippen LogP) is 3.55. The number of nitrogens with zero attached hydrogens (tertiary/aromatic N) is 5. The molecule has 7 heteroatoms. The lowest BCUT2D eigenvalue weighted by molar-refractivity contribution is 0.341. The van der Waals surface area contributed by atoms with Crippen LogP contribution in [0.25, 0.3) is 22.4 Å². The molecule has 154 valence electrons. The van der Waals surface area contributed by atoms with Gasteiger partial charge in [-0.1, -0.05) is 12.8 Å². The first kappa shape index (κ1) is 18.6. The lowest BCUT2D eigenvalue weighted by Gasteiger charge is -2.21. The number of oxazole rings is 1. The predicted molar refractivity (Wildman–Crippen MR) is 114 cm³/mol. The maximum Gasteiger partial charge on any atom is 0.194 e. The van der Waals surface area contributed by atoms with E-state index in [1.807, 2.05) is 11.7 Å². The van der Waals surface area contributed by atoms with Gasteiger partial charge in [0.1, 0.15) is 23.5 Å². The van der Waals surface area contributed by atoms with Gasteiger partial charge in [0.25, 0.3) is 0 Å². The fourth-order valence-electron chi connectivity index (χ4n) is 4.63. The Morgan fingerprint density at radius 2 is 1.86 bits per heavy atom. The van der Waals surface area contributed by atoms with E-state index in [4.69, 9.17) is 19.5 Å². The summed E-state index contributed by atoms with van der Waals surface area (Å²) in [5, 5.41) is 9.17. The van der Waals surface area contributed by atoms with Crippen LogP contribution in [0.3, 0.4) is 0 Å². The van der Waals surface area contributed by atoms with Crippen LogP contribution in [0.4, 0.5) is 5.82 Å². The maximum atomic E-state index is 5.80. The molecule has 2 aliphatic rings. The molecule has 3 aromatic rings. The highest BCUT2D eigenvalue weighted by atomic mass is 16.3. The Kier molecular flexibility index (Phi) is 5.23. The molecule has 1 N–H and O–H groups in total. The second kappa shape index (κ2) is 8.14. The summed E-state index contributed by atoms with van der Waals surface area (Å²) in [4.78, 5) is 12.1. The van der Waals surface area contributed by atoms with Crippen LogP contribution in [0.5, 0.6) is 0 Å². The van der Waals surface area contributed by atoms with Gasteiger partial charge in [-0.05, 0) is 56.8 Å². The summed E-state index contributed by atoms with van der Waals surface area (Å²) < 4.78 is 7.67. The molecule has 5 rings (SSSR count). The van der Waals surface area contributed by atoms with Crippen LogP contribution in [-0.4, -0.2) is 45.9 Å². The van der Waals surface area contributed by atoms with Crippen molar-refractivity contribution in [2.75, 3.05) is 31.1 Å². The number of hydrogen-bond acceptors (Lipinski definition) is 6. The van der Waals surface area contributed by atoms with Gasteiger partial charge in [0, 0.05) is 31.9 Å². The highest BCUT2D eigenvalue weighted by Gasteiger charge is 2.20. The van der Waals surface area contributed by atoms with Crippen LogP contribution in [0.2, 0.25) is 0 Å². The van der Waals surface area contributed by atoms with Crippen LogP contribution in [0.15, 0.2) is 22.8 Å². The first-order chi connectivity index (χ1) is 14.3. The van der Waals surface area contributed by atoms with Gasteiger partial charge < -0.3 is 14.6 Å². The Labute approximate surface area is 171 Å². The zero-order chi connectivity index (χ0) is 19.6. The summed E-state index contributed by atoms with van der Waals surface area (Å²) in [5.41, 5.74) is 2.58. The van der Waals surface area contributed by atoms with E-state index in [1.165, 1.54) is 38.5 Å². The summed E-state index contributed by atoms with van der Waals surface area (Å²) in [6.45, 7) is 4.36. The van der Waals surface area contributed by atoms with Crippen molar-refractivity contribution in [2.24, 2.45) is 13.0 Å². The fraction of sp³-hybridized carbons (Fsp3) is 0.591. The third-order valence-electron chi connectivity index (χ3n) is 6.32. The van der Waals surface area contributed by atoms with Crippen molar-refractivity contribution in [3.05, 3.63) is 24.3 Å². The summed E-state index contributed by atoms with van der Waals surface area (Å²) in [6, 6.07) is 4.28. The molecule has 0 bridgehead atoms. The number of nitrogens with one attached hydrogen (secondary N) is 1. The third kappa shape index (κ3) is 3.88. The number of aromatic nitrogens is 4. The molecule has 5 heterocycles. The minimum absolute atomic E-state index is 0.654. The van der Waals surface area contributed by atoms with Gasteiger partial charge in [0.2, 0.25) is 0 Å². The normalized spacial score (nSPS) is 19.0. The van der Waals surface area contributed by atoms with Crippen molar-refractivity contribution < 1.29 is 4.42 Å². The van der Waals surface area contributed by atoms with E-state index >= 15 is 0 Å². The number of anilines is 1. The van der Waals surface area contributed by atoms with Gasteiger partial charge in [-0.15, -0.1) is 0 Å². The minimum Gasteiger partial charge on any atom is -0.448 e. The Morgan fingerprint density at radius 3 is 2.66 bits per heavy atom. The lowest BCUT2D eigenvalue weighted by atomic mass is 9.95. The highest BCUT2D eigenvalue weighted by Crippen LogP contribution is 2.29. The molecule has 0 aliphatic carbocycles. The van der Waals surface area contributed by atoms with Crippen molar-refractivity contribution >= 4 is 16.9 Å². The average Bonchev–Trinajstić information content (AvgIpc) is 3.22. The molecule has 2 saturated heterocycles. The summed E-state index contributed by atoms with van der Waals surface area (Å²) in [7, 11) is 1.96. The van der Waals surface area contributed by atoms with Gasteiger partial charge in [0.15, 0.2) is 11.5 Å². The van der Waals surface area contributed by atoms with Crippen LogP contribution < -0.4 is 10.2 Å². The molecule has 0 atom stereocenters. The van der Waals surface area contributed by atoms with Crippen molar-refractivity contribution in [3.8, 4) is 11.4 Å². The molecule has 0 saturated carbocycles. The standard InChI is InChI=1S/C22H30N6O/c1-27-22-17(6-7-19(25-22)28-12-4-2-3-5-13-28)21(26-27)18-15-29-20(24-18)14-16-8-10-23-11-9-16/h6-7,15-16,23H,2-5,8-14H2,1H3. The molecular weight excluding hydrogens is 364 g/mol. The smallest absolute Gasteiger partial charge is 0.194 e. The van der Waals surface area contributed by atoms with Gasteiger partial charge in [-0.2, -0.15) is 5.10 Å². The van der Waals surface area contributed by atoms with E-state index in [1.54, 1.807) is 6.26 Å². The number of fused-ring (bicyclic) bond motifs is 1. The molecule has 3 aromatic heterocycles. The number of rotatable bonds is 4. The van der Waals surface area contributed by atoms with E-state index in [0.717, 1.165) is 66.7 Å². The van der Waals surface area contributed by atoms with E-state index in [2.05, 4.69) is 22.3 Å². The molecular formula is C22H30N6O. The van der Waals surface area contributed by atoms with Crippen LogP contribution >= 0.6 is 0 Å². The number of hydrogen-bond donors (Lipinski definition) is 1. The molecule has 29 heavy (non-hydrogen) atoms. The fourth-order valence-corrected chi connectivity index (χ4v) is 4.63. The number of aryl methyl sites for hydroxylation is 1. The van der Waals surface area contributed by atoms with Crippen molar-refractivity contribution in [1.29, 1.82) is 0 Å². The Bertz CT molecular complexity index is 963. The van der Waals surface area contributed by atoms with Gasteiger partial charge in [-0.3, -0.25) is 0 Å². The zero-order valence-corrected chi connectivity index (χ0v) is 17.2. The molecule has 0 radical (unpaired) electrons. The third-order valence-corrected chi connectivity index (χ3v) is 6.32. The molecule has 0 aromatic carbocycles. The van der Waals surface area contributed by atoms with Crippen LogP contribution in [0.1, 0.15) is 44.4 Å². The molecule has 7 nitrogen and oxygen atoms in total. The molecule has 0 unspecified atom stereocenters. The van der Waals surface area contributed by atoms with Gasteiger partial charge in [0.05, 0.1) is 0 Å². The highest BCUT2D eigenvalue weighted by molar-refractivity contribution is 5.90. The van der Waals surface area contributed by atoms with Crippen molar-refractivity contribution in [2.45, 2.75) is 44.9 Å². The lowest BCUT2D eigenvalue weighted by Crippen LogP contribution is -2.28. The molecule has 2 aliphatic heterocycles. The zero-order valence-electron chi connectivity index (χ0n) is 17.2. The Balaban J connectivity index is 1.40. The van der Waals surface area contributed by atoms with Crippen LogP contribution in [0, 0.1) is 5.92 Å².